The van der Waals surface area contributed by atoms with Gasteiger partial charge in [-0.2, -0.15) is 13.2 Å². The lowest BCUT2D eigenvalue weighted by atomic mass is 9.79. The minimum Gasteiger partial charge on any atom is -0.490 e. The van der Waals surface area contributed by atoms with Crippen LogP contribution in [-0.2, 0) is 6.18 Å². The van der Waals surface area contributed by atoms with Gasteiger partial charge < -0.3 is 14.8 Å². The molecule has 0 radical (unpaired) electrons. The van der Waals surface area contributed by atoms with Crippen LogP contribution in [0.15, 0.2) is 18.2 Å². The number of rotatable bonds is 3. The SMILES string of the molecule is [2H]C([2H])([2H])C([2H])(Oc1ccc(B(O)O)cc1C(F)(F)F)C([2H])([2H])[2H]. The summed E-state index contributed by atoms with van der Waals surface area (Å²) in [4.78, 5) is 0. The summed E-state index contributed by atoms with van der Waals surface area (Å²) < 4.78 is 94.1. The molecule has 0 fully saturated rings. The number of hydrogen-bond donors (Lipinski definition) is 2. The molecule has 0 aromatic heterocycles. The molecule has 0 saturated carbocycles. The topological polar surface area (TPSA) is 49.7 Å². The first-order valence-corrected chi connectivity index (χ1v) is 4.27. The van der Waals surface area contributed by atoms with Gasteiger partial charge in [-0.05, 0) is 31.3 Å². The molecule has 0 spiro atoms. The van der Waals surface area contributed by atoms with Gasteiger partial charge in [0.25, 0.3) is 0 Å². The zero-order valence-corrected chi connectivity index (χ0v) is 8.25. The minimum atomic E-state index is -5.12. The Kier molecular flexibility index (Phi) is 1.95. The maximum atomic E-state index is 13.1. The molecule has 1 aromatic rings. The van der Waals surface area contributed by atoms with Gasteiger partial charge in [0.1, 0.15) is 5.75 Å². The third-order valence-electron chi connectivity index (χ3n) is 1.82. The molecule has 94 valence electrons. The molecule has 7 heteroatoms. The van der Waals surface area contributed by atoms with E-state index in [0.29, 0.717) is 6.07 Å². The van der Waals surface area contributed by atoms with E-state index in [2.05, 4.69) is 4.74 Å². The van der Waals surface area contributed by atoms with Crippen LogP contribution in [0.3, 0.4) is 0 Å². The molecule has 17 heavy (non-hydrogen) atoms. The molecule has 0 amide bonds. The molecule has 0 aliphatic heterocycles. The van der Waals surface area contributed by atoms with E-state index in [9.17, 15) is 13.2 Å². The lowest BCUT2D eigenvalue weighted by molar-refractivity contribution is -0.139. The van der Waals surface area contributed by atoms with E-state index in [-0.39, 0.29) is 6.07 Å². The summed E-state index contributed by atoms with van der Waals surface area (Å²) in [6, 6.07) is 1.56. The van der Waals surface area contributed by atoms with Crippen molar-refractivity contribution in [2.45, 2.75) is 26.0 Å². The van der Waals surface area contributed by atoms with E-state index in [1.807, 2.05) is 0 Å². The highest BCUT2D eigenvalue weighted by atomic mass is 19.4. The number of hydrogen-bond acceptors (Lipinski definition) is 3. The van der Waals surface area contributed by atoms with Gasteiger partial charge >= 0.3 is 13.3 Å². The number of halogens is 3. The van der Waals surface area contributed by atoms with Gasteiger partial charge in [-0.15, -0.1) is 0 Å². The summed E-state index contributed by atoms with van der Waals surface area (Å²) in [7, 11) is -2.24. The van der Waals surface area contributed by atoms with E-state index in [4.69, 9.17) is 19.6 Å². The van der Waals surface area contributed by atoms with Crippen molar-refractivity contribution in [3.05, 3.63) is 23.8 Å². The Balaban J connectivity index is 3.51. The molecule has 0 aliphatic carbocycles. The first-order valence-electron chi connectivity index (χ1n) is 7.77. The summed E-state index contributed by atoms with van der Waals surface area (Å²) in [6.45, 7) is -7.17. The lowest BCUT2D eigenvalue weighted by Gasteiger charge is -2.17. The molecule has 1 rings (SSSR count). The first-order chi connectivity index (χ1) is 10.5. The Labute approximate surface area is 107 Å². The van der Waals surface area contributed by atoms with Crippen LogP contribution in [0.5, 0.6) is 5.75 Å². The van der Waals surface area contributed by atoms with Gasteiger partial charge in [0.2, 0.25) is 0 Å². The van der Waals surface area contributed by atoms with Gasteiger partial charge in [-0.3, -0.25) is 0 Å². The minimum absolute atomic E-state index is 0.263. The van der Waals surface area contributed by atoms with Crippen molar-refractivity contribution in [1.29, 1.82) is 0 Å². The third kappa shape index (κ3) is 3.64. The Morgan fingerprint density at radius 2 is 2.06 bits per heavy atom. The maximum absolute atomic E-state index is 13.1. The van der Waals surface area contributed by atoms with Crippen molar-refractivity contribution in [3.63, 3.8) is 0 Å². The largest absolute Gasteiger partial charge is 0.490 e. The van der Waals surface area contributed by atoms with Gasteiger partial charge in [-0.25, -0.2) is 0 Å². The highest BCUT2D eigenvalue weighted by molar-refractivity contribution is 6.58. The van der Waals surface area contributed by atoms with Crippen molar-refractivity contribution in [2.75, 3.05) is 0 Å². The van der Waals surface area contributed by atoms with Gasteiger partial charge in [-0.1, -0.05) is 6.07 Å². The summed E-state index contributed by atoms with van der Waals surface area (Å²) >= 11 is 0. The fraction of sp³-hybridized carbons (Fsp3) is 0.400. The smallest absolute Gasteiger partial charge is 0.488 e. The Bertz CT molecular complexity index is 587. The monoisotopic (exact) mass is 255 g/mol. The van der Waals surface area contributed by atoms with Crippen LogP contribution in [0.25, 0.3) is 0 Å². The summed E-state index contributed by atoms with van der Waals surface area (Å²) in [5.74, 6) is -1.23. The average Bonchev–Trinajstić information content (AvgIpc) is 2.34. The Morgan fingerprint density at radius 1 is 1.41 bits per heavy atom. The van der Waals surface area contributed by atoms with E-state index in [1.54, 1.807) is 0 Å². The standard InChI is InChI=1S/C10H12BF3O3/c1-6(2)17-9-4-3-7(11(15)16)5-8(9)10(12,13)14/h3-6,15-16H,1-2H3/i1D3,2D3,6D. The highest BCUT2D eigenvalue weighted by Gasteiger charge is 2.35. The molecule has 0 aliphatic rings. The predicted octanol–water partition coefficient (Wildman–Crippen LogP) is 1.17. The third-order valence-corrected chi connectivity index (χ3v) is 1.82. The quantitative estimate of drug-likeness (QED) is 0.797. The van der Waals surface area contributed by atoms with Crippen LogP contribution < -0.4 is 10.2 Å². The van der Waals surface area contributed by atoms with E-state index in [0.717, 1.165) is 6.07 Å². The fourth-order valence-corrected chi connectivity index (χ4v) is 1.13. The Hall–Kier alpha value is -1.21. The molecule has 0 unspecified atom stereocenters. The van der Waals surface area contributed by atoms with Crippen LogP contribution in [0.1, 0.15) is 28.9 Å². The van der Waals surface area contributed by atoms with Crippen molar-refractivity contribution >= 4 is 12.6 Å². The van der Waals surface area contributed by atoms with Crippen LogP contribution in [0, 0.1) is 0 Å². The zero-order valence-electron chi connectivity index (χ0n) is 15.2. The first kappa shape index (κ1) is 6.65. The van der Waals surface area contributed by atoms with Gasteiger partial charge in [0, 0.05) is 8.22 Å². The van der Waals surface area contributed by atoms with Gasteiger partial charge in [0.05, 0.1) is 13.0 Å². The summed E-state index contributed by atoms with van der Waals surface area (Å²) in [5, 5.41) is 17.9. The predicted molar refractivity (Wildman–Crippen MR) is 57.0 cm³/mol. The second-order valence-corrected chi connectivity index (χ2v) is 3.06. The van der Waals surface area contributed by atoms with E-state index < -0.39 is 49.9 Å². The van der Waals surface area contributed by atoms with Crippen molar-refractivity contribution in [1.82, 2.24) is 0 Å². The molecular formula is C10H12BF3O3. The summed E-state index contributed by atoms with van der Waals surface area (Å²) in [6.07, 6.45) is -8.77. The second-order valence-electron chi connectivity index (χ2n) is 3.06. The summed E-state index contributed by atoms with van der Waals surface area (Å²) in [5.41, 5.74) is -2.22. The average molecular weight is 255 g/mol. The van der Waals surface area contributed by atoms with Crippen molar-refractivity contribution in [3.8, 4) is 5.75 Å². The zero-order chi connectivity index (χ0) is 19.1. The molecular weight excluding hydrogens is 236 g/mol. The van der Waals surface area contributed by atoms with Crippen LogP contribution in [0.2, 0.25) is 0 Å². The fourth-order valence-electron chi connectivity index (χ4n) is 1.13. The van der Waals surface area contributed by atoms with Crippen molar-refractivity contribution in [2.24, 2.45) is 0 Å². The maximum Gasteiger partial charge on any atom is 0.488 e. The van der Waals surface area contributed by atoms with Crippen LogP contribution >= 0.6 is 0 Å². The number of alkyl halides is 3. The van der Waals surface area contributed by atoms with Crippen LogP contribution in [-0.4, -0.2) is 23.2 Å². The molecule has 2 N–H and O–H groups in total. The molecule has 0 heterocycles. The normalized spacial score (nSPS) is 19.9. The van der Waals surface area contributed by atoms with E-state index in [1.165, 1.54) is 0 Å². The van der Waals surface area contributed by atoms with Crippen molar-refractivity contribution < 1.29 is 37.6 Å². The molecule has 1 aromatic carbocycles. The molecule has 3 nitrogen and oxygen atoms in total. The van der Waals surface area contributed by atoms with E-state index >= 15 is 0 Å². The highest BCUT2D eigenvalue weighted by Crippen LogP contribution is 2.35. The van der Waals surface area contributed by atoms with Gasteiger partial charge in [0.15, 0.2) is 0 Å². The second kappa shape index (κ2) is 4.97. The number of ether oxygens (including phenoxy) is 1. The lowest BCUT2D eigenvalue weighted by Crippen LogP contribution is -2.31. The molecule has 0 bridgehead atoms. The Morgan fingerprint density at radius 3 is 2.53 bits per heavy atom. The van der Waals surface area contributed by atoms with Crippen LogP contribution in [0.4, 0.5) is 13.2 Å². The number of benzene rings is 1. The molecule has 0 saturated heterocycles. The molecule has 0 atom stereocenters.